The molecule has 3 aliphatic carbocycles. The smallest absolute Gasteiger partial charge is 0.115 e. The van der Waals surface area contributed by atoms with E-state index in [-0.39, 0.29) is 0 Å². The summed E-state index contributed by atoms with van der Waals surface area (Å²) < 4.78 is 0. The highest BCUT2D eigenvalue weighted by molar-refractivity contribution is 7.21. The molecule has 0 heterocycles. The van der Waals surface area contributed by atoms with Crippen LogP contribution in [0.15, 0.2) is 18.2 Å². The summed E-state index contributed by atoms with van der Waals surface area (Å²) in [5, 5.41) is 11.3. The largest absolute Gasteiger partial charge is 0.508 e. The number of hydrogen-bond donors (Lipinski definition) is 1. The van der Waals surface area contributed by atoms with Gasteiger partial charge < -0.3 is 5.11 Å². The zero-order chi connectivity index (χ0) is 13.9. The first-order valence-corrected chi connectivity index (χ1v) is 8.49. The second kappa shape index (κ2) is 4.34. The highest BCUT2D eigenvalue weighted by Gasteiger charge is 2.52. The molecule has 20 heavy (non-hydrogen) atoms. The first-order chi connectivity index (χ1) is 9.59. The molecular formula is C18H23OP. The van der Waals surface area contributed by atoms with E-state index < -0.39 is 0 Å². The third-order valence-electron chi connectivity index (χ3n) is 6.49. The van der Waals surface area contributed by atoms with Crippen molar-refractivity contribution in [2.75, 3.05) is 0 Å². The normalized spacial score (nSPS) is 39.0. The fourth-order valence-corrected chi connectivity index (χ4v) is 5.84. The van der Waals surface area contributed by atoms with Crippen molar-refractivity contribution < 1.29 is 5.11 Å². The molecule has 2 saturated carbocycles. The number of benzene rings is 1. The Bertz CT molecular complexity index is 579. The summed E-state index contributed by atoms with van der Waals surface area (Å²) in [7, 11) is 3.93. The predicted octanol–water partition coefficient (Wildman–Crippen LogP) is 4.56. The molecule has 0 amide bonds. The van der Waals surface area contributed by atoms with Crippen LogP contribution in [0.1, 0.15) is 56.1 Å². The van der Waals surface area contributed by atoms with Crippen LogP contribution in [0.5, 0.6) is 5.75 Å². The second-order valence-corrected chi connectivity index (χ2v) is 7.88. The van der Waals surface area contributed by atoms with Crippen LogP contribution in [0.4, 0.5) is 0 Å². The highest BCUT2D eigenvalue weighted by Crippen LogP contribution is 2.60. The van der Waals surface area contributed by atoms with Gasteiger partial charge in [-0.15, -0.1) is 8.86 Å². The van der Waals surface area contributed by atoms with Crippen LogP contribution in [-0.2, 0) is 6.42 Å². The van der Waals surface area contributed by atoms with Gasteiger partial charge in [0.25, 0.3) is 0 Å². The summed E-state index contributed by atoms with van der Waals surface area (Å²) in [6, 6.07) is 6.07. The molecule has 4 atom stereocenters. The van der Waals surface area contributed by atoms with Gasteiger partial charge in [0.1, 0.15) is 5.75 Å². The number of aryl methyl sites for hydroxylation is 1. The third kappa shape index (κ3) is 1.65. The van der Waals surface area contributed by atoms with Crippen LogP contribution in [0, 0.1) is 17.3 Å². The van der Waals surface area contributed by atoms with Gasteiger partial charge in [-0.3, -0.25) is 0 Å². The Balaban J connectivity index is 1.73. The standard InChI is InChI=1S/C18H23OP/c1-18-9-8-14-13-5-3-12(19)10-11(13)2-4-15(14)16(18)6-7-17(18)20/h3,5,10,14-16,19-20H,2,4,6-9H2,1H3/t14-,15-,16+,18+/m1/s1. The van der Waals surface area contributed by atoms with Gasteiger partial charge in [0, 0.05) is 0 Å². The van der Waals surface area contributed by atoms with Crippen molar-refractivity contribution in [3.8, 4) is 5.75 Å². The van der Waals surface area contributed by atoms with Gasteiger partial charge in [-0.1, -0.05) is 13.0 Å². The molecule has 1 aromatic carbocycles. The SMILES string of the molecule is C[C@]12CC[C@@H]3c4ccc(O)cc4CC[C@H]3[C@@H]1CCC2=P. The van der Waals surface area contributed by atoms with Crippen molar-refractivity contribution in [3.05, 3.63) is 29.3 Å². The van der Waals surface area contributed by atoms with Gasteiger partial charge in [-0.05, 0) is 90.2 Å². The second-order valence-electron chi connectivity index (χ2n) is 7.27. The Kier molecular flexibility index (Phi) is 2.80. The van der Waals surface area contributed by atoms with Crippen LogP contribution in [0.2, 0.25) is 0 Å². The van der Waals surface area contributed by atoms with E-state index in [9.17, 15) is 5.11 Å². The maximum absolute atomic E-state index is 9.70. The molecule has 2 fully saturated rings. The number of phenols is 1. The molecule has 0 saturated heterocycles. The van der Waals surface area contributed by atoms with E-state index in [1.165, 1.54) is 43.2 Å². The first-order valence-electron chi connectivity index (χ1n) is 7.99. The van der Waals surface area contributed by atoms with Crippen molar-refractivity contribution in [1.82, 2.24) is 0 Å². The maximum atomic E-state index is 9.70. The van der Waals surface area contributed by atoms with Gasteiger partial charge in [0.05, 0.1) is 0 Å². The van der Waals surface area contributed by atoms with E-state index in [2.05, 4.69) is 21.9 Å². The van der Waals surface area contributed by atoms with E-state index in [1.54, 1.807) is 5.29 Å². The molecule has 0 aliphatic heterocycles. The predicted molar refractivity (Wildman–Crippen MR) is 86.0 cm³/mol. The van der Waals surface area contributed by atoms with E-state index >= 15 is 0 Å². The Morgan fingerprint density at radius 2 is 2.05 bits per heavy atom. The lowest BCUT2D eigenvalue weighted by atomic mass is 9.56. The van der Waals surface area contributed by atoms with Crippen LogP contribution in [-0.4, -0.2) is 10.4 Å². The Labute approximate surface area is 123 Å². The van der Waals surface area contributed by atoms with Crippen molar-refractivity contribution >= 4 is 14.2 Å². The Morgan fingerprint density at radius 1 is 1.20 bits per heavy atom. The molecule has 106 valence electrons. The minimum absolute atomic E-state index is 0.430. The summed E-state index contributed by atoms with van der Waals surface area (Å²) in [5.41, 5.74) is 3.37. The van der Waals surface area contributed by atoms with E-state index in [4.69, 9.17) is 0 Å². The molecule has 3 aliphatic rings. The minimum Gasteiger partial charge on any atom is -0.508 e. The lowest BCUT2D eigenvalue weighted by Crippen LogP contribution is -2.42. The Hall–Kier alpha value is -0.810. The lowest BCUT2D eigenvalue weighted by molar-refractivity contribution is 0.0966. The molecule has 0 spiro atoms. The van der Waals surface area contributed by atoms with E-state index in [0.717, 1.165) is 24.2 Å². The fraction of sp³-hybridized carbons (Fsp3) is 0.611. The molecule has 1 aromatic rings. The zero-order valence-electron chi connectivity index (χ0n) is 12.2. The van der Waals surface area contributed by atoms with Gasteiger partial charge >= 0.3 is 0 Å². The van der Waals surface area contributed by atoms with E-state index in [0.29, 0.717) is 11.2 Å². The summed E-state index contributed by atoms with van der Waals surface area (Å²) in [4.78, 5) is 0. The summed E-state index contributed by atoms with van der Waals surface area (Å²) in [6.45, 7) is 2.48. The molecule has 0 aromatic heterocycles. The molecule has 1 nitrogen and oxygen atoms in total. The molecule has 1 N–H and O–H groups in total. The van der Waals surface area contributed by atoms with Gasteiger partial charge in [0.2, 0.25) is 0 Å². The van der Waals surface area contributed by atoms with Crippen LogP contribution >= 0.6 is 8.86 Å². The zero-order valence-corrected chi connectivity index (χ0v) is 13.2. The van der Waals surface area contributed by atoms with Crippen LogP contribution in [0.3, 0.4) is 0 Å². The molecule has 0 bridgehead atoms. The molecular weight excluding hydrogens is 263 g/mol. The quantitative estimate of drug-likeness (QED) is 0.693. The molecule has 0 radical (unpaired) electrons. The number of fused-ring (bicyclic) bond motifs is 5. The van der Waals surface area contributed by atoms with Crippen molar-refractivity contribution in [3.63, 3.8) is 0 Å². The molecule has 4 rings (SSSR count). The summed E-state index contributed by atoms with van der Waals surface area (Å²) >= 11 is 0. The lowest BCUT2D eigenvalue weighted by Gasteiger charge is -2.49. The average molecular weight is 286 g/mol. The Morgan fingerprint density at radius 3 is 2.90 bits per heavy atom. The highest BCUT2D eigenvalue weighted by atomic mass is 31.0. The first kappa shape index (κ1) is 12.9. The van der Waals surface area contributed by atoms with Crippen molar-refractivity contribution in [2.24, 2.45) is 17.3 Å². The minimum atomic E-state index is 0.430. The summed E-state index contributed by atoms with van der Waals surface area (Å²) in [5.74, 6) is 2.87. The fourth-order valence-electron chi connectivity index (χ4n) is 5.38. The monoisotopic (exact) mass is 286 g/mol. The van der Waals surface area contributed by atoms with Gasteiger partial charge in [-0.25, -0.2) is 0 Å². The topological polar surface area (TPSA) is 20.2 Å². The average Bonchev–Trinajstić information content (AvgIpc) is 2.74. The van der Waals surface area contributed by atoms with Crippen LogP contribution < -0.4 is 0 Å². The molecule has 2 heteroatoms. The van der Waals surface area contributed by atoms with E-state index in [1.807, 2.05) is 12.1 Å². The maximum Gasteiger partial charge on any atom is 0.115 e. The third-order valence-corrected chi connectivity index (χ3v) is 7.32. The van der Waals surface area contributed by atoms with Crippen LogP contribution in [0.25, 0.3) is 0 Å². The summed E-state index contributed by atoms with van der Waals surface area (Å²) in [6.07, 6.45) is 7.71. The van der Waals surface area contributed by atoms with Gasteiger partial charge in [-0.2, -0.15) is 0 Å². The number of rotatable bonds is 0. The van der Waals surface area contributed by atoms with Gasteiger partial charge in [0.15, 0.2) is 0 Å². The number of hydrogen-bond acceptors (Lipinski definition) is 1. The number of phenolic OH excluding ortho intramolecular Hbond substituents is 1. The van der Waals surface area contributed by atoms with Crippen molar-refractivity contribution in [1.29, 1.82) is 0 Å². The number of aromatic hydroxyl groups is 1. The molecule has 0 unspecified atom stereocenters. The van der Waals surface area contributed by atoms with Crippen molar-refractivity contribution in [2.45, 2.75) is 51.4 Å².